The summed E-state index contributed by atoms with van der Waals surface area (Å²) < 4.78 is 68.5. The lowest BCUT2D eigenvalue weighted by Crippen LogP contribution is -2.30. The molecule has 0 aromatic rings. The van der Waals surface area contributed by atoms with Crippen molar-refractivity contribution in [3.63, 3.8) is 0 Å². The van der Waals surface area contributed by atoms with Crippen molar-refractivity contribution in [1.82, 2.24) is 0 Å². The molecule has 0 aliphatic heterocycles. The van der Waals surface area contributed by atoms with E-state index in [4.69, 9.17) is 37.0 Å². The Morgan fingerprint density at radius 1 is 0.273 bits per heavy atom. The first-order chi connectivity index (χ1) is 48.0. The summed E-state index contributed by atoms with van der Waals surface area (Å²) in [5.41, 5.74) is 0. The van der Waals surface area contributed by atoms with Crippen LogP contribution in [0.2, 0.25) is 0 Å². The molecule has 0 radical (unpaired) electrons. The molecule has 99 heavy (non-hydrogen) atoms. The SMILES string of the molecule is CCCCCCCCCCCCCCCCCCCCCCC(=O)O[C@H](COC(=O)CCCCCCCCCCCCCCCCCCCC)COP(=O)(O)OC[C@@H](O)COP(=O)(O)OC[C@@H](COC(=O)CCCCCCC)OC(=O)CCCCCCCCCCCCCCCC(C)C. The third-order valence-electron chi connectivity index (χ3n) is 18.8. The van der Waals surface area contributed by atoms with E-state index in [2.05, 4.69) is 34.6 Å². The molecule has 2 unspecified atom stereocenters. The van der Waals surface area contributed by atoms with Crippen molar-refractivity contribution in [2.45, 2.75) is 445 Å². The van der Waals surface area contributed by atoms with E-state index in [1.165, 1.54) is 244 Å². The largest absolute Gasteiger partial charge is 0.472 e. The van der Waals surface area contributed by atoms with Gasteiger partial charge in [-0.05, 0) is 31.6 Å². The van der Waals surface area contributed by atoms with Crippen LogP contribution in [-0.2, 0) is 65.4 Å². The fraction of sp³-hybridized carbons (Fsp3) is 0.950. The van der Waals surface area contributed by atoms with E-state index >= 15 is 0 Å². The maximum absolute atomic E-state index is 13.1. The summed E-state index contributed by atoms with van der Waals surface area (Å²) in [5.74, 6) is -1.33. The number of aliphatic hydroxyl groups is 1. The minimum absolute atomic E-state index is 0.107. The highest BCUT2D eigenvalue weighted by Crippen LogP contribution is 2.45. The lowest BCUT2D eigenvalue weighted by Gasteiger charge is -2.21. The van der Waals surface area contributed by atoms with Crippen LogP contribution in [0.15, 0.2) is 0 Å². The predicted octanol–water partition coefficient (Wildman–Crippen LogP) is 24.0. The molecular weight excluding hydrogens is 1290 g/mol. The molecule has 588 valence electrons. The van der Waals surface area contributed by atoms with Gasteiger partial charge in [0.05, 0.1) is 26.4 Å². The Balaban J connectivity index is 5.12. The zero-order chi connectivity index (χ0) is 72.7. The van der Waals surface area contributed by atoms with E-state index in [9.17, 15) is 43.2 Å². The highest BCUT2D eigenvalue weighted by Gasteiger charge is 2.30. The van der Waals surface area contributed by atoms with E-state index in [0.29, 0.717) is 25.7 Å². The number of ether oxygens (including phenoxy) is 4. The molecular formula is C80H156O17P2. The molecule has 0 rings (SSSR count). The lowest BCUT2D eigenvalue weighted by molar-refractivity contribution is -0.161. The third-order valence-corrected chi connectivity index (χ3v) is 20.7. The van der Waals surface area contributed by atoms with Gasteiger partial charge in [0.25, 0.3) is 0 Å². The molecule has 3 N–H and O–H groups in total. The molecule has 0 spiro atoms. The molecule has 0 bridgehead atoms. The van der Waals surface area contributed by atoms with Crippen LogP contribution in [0.1, 0.15) is 426 Å². The van der Waals surface area contributed by atoms with Gasteiger partial charge in [-0.1, -0.05) is 375 Å². The van der Waals surface area contributed by atoms with Gasteiger partial charge >= 0.3 is 39.5 Å². The predicted molar refractivity (Wildman–Crippen MR) is 405 cm³/mol. The van der Waals surface area contributed by atoms with Crippen molar-refractivity contribution >= 4 is 39.5 Å². The van der Waals surface area contributed by atoms with E-state index in [1.54, 1.807) is 0 Å². The van der Waals surface area contributed by atoms with E-state index in [1.807, 2.05) is 0 Å². The van der Waals surface area contributed by atoms with Gasteiger partial charge in [0.2, 0.25) is 0 Å². The summed E-state index contributed by atoms with van der Waals surface area (Å²) in [5, 5.41) is 10.6. The Morgan fingerprint density at radius 2 is 0.465 bits per heavy atom. The Bertz CT molecular complexity index is 1890. The number of carbonyl (C=O) groups excluding carboxylic acids is 4. The second-order valence-corrected chi connectivity index (χ2v) is 32.2. The normalized spacial score (nSPS) is 13.9. The molecule has 0 aromatic heterocycles. The van der Waals surface area contributed by atoms with Gasteiger partial charge in [-0.2, -0.15) is 0 Å². The van der Waals surface area contributed by atoms with Crippen LogP contribution in [0.25, 0.3) is 0 Å². The molecule has 0 saturated heterocycles. The van der Waals surface area contributed by atoms with Gasteiger partial charge in [-0.3, -0.25) is 37.3 Å². The van der Waals surface area contributed by atoms with Crippen LogP contribution in [0.5, 0.6) is 0 Å². The Kier molecular flexibility index (Phi) is 71.6. The average molecular weight is 1450 g/mol. The van der Waals surface area contributed by atoms with Gasteiger partial charge in [0, 0.05) is 25.7 Å². The van der Waals surface area contributed by atoms with Gasteiger partial charge in [-0.15, -0.1) is 0 Å². The summed E-state index contributed by atoms with van der Waals surface area (Å²) in [7, 11) is -9.91. The van der Waals surface area contributed by atoms with Crippen LogP contribution < -0.4 is 0 Å². The molecule has 19 heteroatoms. The zero-order valence-electron chi connectivity index (χ0n) is 64.6. The van der Waals surface area contributed by atoms with Crippen LogP contribution in [0, 0.1) is 5.92 Å². The van der Waals surface area contributed by atoms with Gasteiger partial charge < -0.3 is 33.8 Å². The number of phosphoric ester groups is 2. The monoisotopic (exact) mass is 1450 g/mol. The molecule has 0 saturated carbocycles. The third kappa shape index (κ3) is 74.1. The number of hydrogen-bond acceptors (Lipinski definition) is 15. The highest BCUT2D eigenvalue weighted by molar-refractivity contribution is 7.47. The van der Waals surface area contributed by atoms with Gasteiger partial charge in [0.1, 0.15) is 19.3 Å². The minimum Gasteiger partial charge on any atom is -0.462 e. The number of rotatable bonds is 80. The van der Waals surface area contributed by atoms with Crippen molar-refractivity contribution in [1.29, 1.82) is 0 Å². The number of phosphoric acid groups is 2. The number of unbranched alkanes of at least 4 members (excludes halogenated alkanes) is 52. The lowest BCUT2D eigenvalue weighted by atomic mass is 10.0. The van der Waals surface area contributed by atoms with Crippen LogP contribution in [0.3, 0.4) is 0 Å². The maximum atomic E-state index is 13.1. The van der Waals surface area contributed by atoms with Crippen molar-refractivity contribution in [3.05, 3.63) is 0 Å². The summed E-state index contributed by atoms with van der Waals surface area (Å²) in [6.45, 7) is 7.25. The second kappa shape index (κ2) is 73.0. The first-order valence-electron chi connectivity index (χ1n) is 41.6. The Morgan fingerprint density at radius 3 is 0.687 bits per heavy atom. The van der Waals surface area contributed by atoms with Crippen LogP contribution in [-0.4, -0.2) is 96.7 Å². The summed E-state index contributed by atoms with van der Waals surface area (Å²) in [4.78, 5) is 72.7. The number of hydrogen-bond donors (Lipinski definition) is 3. The standard InChI is InChI=1S/C80H156O17P2/c1-6-9-12-15-17-19-21-23-25-27-29-30-32-34-38-42-46-50-55-60-66-80(85)97-76(70-91-78(83)64-59-54-49-45-41-37-33-31-28-26-24-22-20-18-16-13-10-7-2)72-95-99(88,89)93-68-74(81)67-92-98(86,87)94-71-75(69-90-77(82)63-58-52-14-11-8-3)96-79(84)65-61-56-51-47-43-39-35-36-40-44-48-53-57-62-73(4)5/h73-76,81H,6-72H2,1-5H3,(H,86,87)(H,88,89)/t74-,75+,76+/m0/s1. The van der Waals surface area contributed by atoms with Crippen molar-refractivity contribution in [3.8, 4) is 0 Å². The summed E-state index contributed by atoms with van der Waals surface area (Å²) >= 11 is 0. The fourth-order valence-electron chi connectivity index (χ4n) is 12.4. The van der Waals surface area contributed by atoms with E-state index < -0.39 is 97.5 Å². The van der Waals surface area contributed by atoms with Crippen molar-refractivity contribution < 1.29 is 80.2 Å². The molecule has 0 aromatic carbocycles. The van der Waals surface area contributed by atoms with Gasteiger partial charge in [0.15, 0.2) is 12.2 Å². The number of carbonyl (C=O) groups is 4. The molecule has 0 aliphatic rings. The molecule has 17 nitrogen and oxygen atoms in total. The fourth-order valence-corrected chi connectivity index (χ4v) is 14.0. The Labute approximate surface area is 607 Å². The average Bonchev–Trinajstić information content (AvgIpc) is 1.06. The summed E-state index contributed by atoms with van der Waals surface area (Å²) in [6, 6.07) is 0. The van der Waals surface area contributed by atoms with Crippen molar-refractivity contribution in [2.24, 2.45) is 5.92 Å². The first kappa shape index (κ1) is 97.1. The zero-order valence-corrected chi connectivity index (χ0v) is 66.4. The van der Waals surface area contributed by atoms with Crippen LogP contribution in [0.4, 0.5) is 0 Å². The molecule has 0 amide bonds. The second-order valence-electron chi connectivity index (χ2n) is 29.3. The maximum Gasteiger partial charge on any atom is 0.472 e. The minimum atomic E-state index is -4.96. The van der Waals surface area contributed by atoms with Gasteiger partial charge in [-0.25, -0.2) is 9.13 Å². The van der Waals surface area contributed by atoms with E-state index in [-0.39, 0.29) is 25.7 Å². The molecule has 5 atom stereocenters. The van der Waals surface area contributed by atoms with Crippen LogP contribution >= 0.6 is 15.6 Å². The topological polar surface area (TPSA) is 237 Å². The Hall–Kier alpha value is -1.94. The molecule has 0 aliphatic carbocycles. The van der Waals surface area contributed by atoms with Crippen molar-refractivity contribution in [2.75, 3.05) is 39.6 Å². The number of aliphatic hydroxyl groups excluding tert-OH is 1. The van der Waals surface area contributed by atoms with E-state index in [0.717, 1.165) is 102 Å². The first-order valence-corrected chi connectivity index (χ1v) is 44.6. The molecule has 0 fully saturated rings. The quantitative estimate of drug-likeness (QED) is 0.0222. The smallest absolute Gasteiger partial charge is 0.462 e. The number of esters is 4. The molecule has 0 heterocycles. The highest BCUT2D eigenvalue weighted by atomic mass is 31.2. The summed E-state index contributed by atoms with van der Waals surface area (Å²) in [6.07, 6.45) is 64.3.